The summed E-state index contributed by atoms with van der Waals surface area (Å²) in [7, 11) is 0. The summed E-state index contributed by atoms with van der Waals surface area (Å²) in [5, 5.41) is 8.64. The minimum Gasteiger partial charge on any atom is -0.481 e. The number of likely N-dealkylation sites (tertiary alicyclic amines) is 1. The predicted octanol–water partition coefficient (Wildman–Crippen LogP) is 0.827. The van der Waals surface area contributed by atoms with E-state index in [1.807, 2.05) is 11.8 Å². The van der Waals surface area contributed by atoms with E-state index >= 15 is 0 Å². The Morgan fingerprint density at radius 1 is 1.53 bits per heavy atom. The van der Waals surface area contributed by atoms with Gasteiger partial charge in [0.25, 0.3) is 0 Å². The molecule has 1 heterocycles. The van der Waals surface area contributed by atoms with E-state index < -0.39 is 5.97 Å². The lowest BCUT2D eigenvalue weighted by molar-refractivity contribution is -0.137. The lowest BCUT2D eigenvalue weighted by atomic mass is 9.93. The molecule has 17 heavy (non-hydrogen) atoms. The molecule has 1 saturated heterocycles. The summed E-state index contributed by atoms with van der Waals surface area (Å²) >= 11 is 0. The second-order valence-corrected chi connectivity index (χ2v) is 4.96. The van der Waals surface area contributed by atoms with Gasteiger partial charge in [-0.1, -0.05) is 0 Å². The van der Waals surface area contributed by atoms with Gasteiger partial charge in [0, 0.05) is 32.0 Å². The Morgan fingerprint density at radius 2 is 2.24 bits per heavy atom. The summed E-state index contributed by atoms with van der Waals surface area (Å²) in [5.41, 5.74) is 5.61. The number of rotatable bonds is 5. The summed E-state index contributed by atoms with van der Waals surface area (Å²) in [5.74, 6) is -0.332. The van der Waals surface area contributed by atoms with Crippen LogP contribution in [0.3, 0.4) is 0 Å². The zero-order valence-electron chi connectivity index (χ0n) is 10.4. The molecule has 5 heteroatoms. The van der Waals surface area contributed by atoms with Gasteiger partial charge < -0.3 is 15.7 Å². The van der Waals surface area contributed by atoms with Crippen molar-refractivity contribution in [2.75, 3.05) is 13.1 Å². The van der Waals surface area contributed by atoms with Gasteiger partial charge in [0.05, 0.1) is 0 Å². The first-order chi connectivity index (χ1) is 7.99. The number of carboxylic acid groups (broad SMARTS) is 1. The van der Waals surface area contributed by atoms with Crippen molar-refractivity contribution < 1.29 is 14.7 Å². The van der Waals surface area contributed by atoms with E-state index in [1.165, 1.54) is 0 Å². The average molecular weight is 242 g/mol. The number of hydrogen-bond acceptors (Lipinski definition) is 3. The van der Waals surface area contributed by atoms with Gasteiger partial charge in [0.15, 0.2) is 0 Å². The molecule has 2 atom stereocenters. The van der Waals surface area contributed by atoms with Crippen molar-refractivity contribution in [2.45, 2.75) is 45.1 Å². The van der Waals surface area contributed by atoms with E-state index in [2.05, 4.69) is 0 Å². The quantitative estimate of drug-likeness (QED) is 0.748. The maximum atomic E-state index is 11.8. The Kier molecular flexibility index (Phi) is 5.41. The largest absolute Gasteiger partial charge is 0.481 e. The molecular weight excluding hydrogens is 220 g/mol. The Morgan fingerprint density at radius 3 is 2.82 bits per heavy atom. The Bertz CT molecular complexity index is 279. The minimum absolute atomic E-state index is 0.0972. The van der Waals surface area contributed by atoms with Crippen molar-refractivity contribution in [3.8, 4) is 0 Å². The highest BCUT2D eigenvalue weighted by Gasteiger charge is 2.24. The molecule has 0 aliphatic carbocycles. The van der Waals surface area contributed by atoms with Gasteiger partial charge in [-0.05, 0) is 32.1 Å². The van der Waals surface area contributed by atoms with Gasteiger partial charge in [-0.2, -0.15) is 0 Å². The summed E-state index contributed by atoms with van der Waals surface area (Å²) in [6.07, 6.45) is 3.23. The van der Waals surface area contributed by atoms with Crippen LogP contribution in [0.1, 0.15) is 39.0 Å². The molecule has 98 valence electrons. The normalized spacial score (nSPS) is 22.2. The standard InChI is InChI=1S/C12H22N2O3/c1-9(13)7-11(15)14-6-2-3-10(8-14)4-5-12(16)17/h9-10H,2-8,13H2,1H3,(H,16,17). The van der Waals surface area contributed by atoms with E-state index in [9.17, 15) is 9.59 Å². The topological polar surface area (TPSA) is 83.6 Å². The van der Waals surface area contributed by atoms with E-state index in [1.54, 1.807) is 0 Å². The van der Waals surface area contributed by atoms with Gasteiger partial charge in [0.2, 0.25) is 5.91 Å². The van der Waals surface area contributed by atoms with Crippen LogP contribution < -0.4 is 5.73 Å². The second kappa shape index (κ2) is 6.59. The fourth-order valence-electron chi connectivity index (χ4n) is 2.26. The Labute approximate surface area is 102 Å². The summed E-state index contributed by atoms with van der Waals surface area (Å²) < 4.78 is 0. The van der Waals surface area contributed by atoms with Crippen LogP contribution >= 0.6 is 0 Å². The lowest BCUT2D eigenvalue weighted by Gasteiger charge is -2.33. The number of carbonyl (C=O) groups excluding carboxylic acids is 1. The zero-order valence-corrected chi connectivity index (χ0v) is 10.4. The fraction of sp³-hybridized carbons (Fsp3) is 0.833. The van der Waals surface area contributed by atoms with Crippen molar-refractivity contribution in [1.29, 1.82) is 0 Å². The van der Waals surface area contributed by atoms with Gasteiger partial charge in [-0.15, -0.1) is 0 Å². The van der Waals surface area contributed by atoms with Crippen LogP contribution in [-0.2, 0) is 9.59 Å². The number of nitrogens with two attached hydrogens (primary N) is 1. The molecule has 1 rings (SSSR count). The molecule has 1 aliphatic heterocycles. The molecule has 1 fully saturated rings. The first-order valence-electron chi connectivity index (χ1n) is 6.24. The van der Waals surface area contributed by atoms with Gasteiger partial charge in [-0.3, -0.25) is 9.59 Å². The Balaban J connectivity index is 2.37. The number of nitrogens with zero attached hydrogens (tertiary/aromatic N) is 1. The van der Waals surface area contributed by atoms with Crippen molar-refractivity contribution in [1.82, 2.24) is 4.90 Å². The molecule has 1 aliphatic rings. The third-order valence-corrected chi connectivity index (χ3v) is 3.13. The minimum atomic E-state index is -0.760. The SMILES string of the molecule is CC(N)CC(=O)N1CCCC(CCC(=O)O)C1. The van der Waals surface area contributed by atoms with Crippen LogP contribution in [0.15, 0.2) is 0 Å². The highest BCUT2D eigenvalue weighted by molar-refractivity contribution is 5.76. The zero-order chi connectivity index (χ0) is 12.8. The molecule has 0 bridgehead atoms. The number of amides is 1. The van der Waals surface area contributed by atoms with Crippen LogP contribution in [0.2, 0.25) is 0 Å². The molecule has 2 unspecified atom stereocenters. The first kappa shape index (κ1) is 14.0. The molecule has 3 N–H and O–H groups in total. The maximum absolute atomic E-state index is 11.8. The van der Waals surface area contributed by atoms with Crippen LogP contribution in [-0.4, -0.2) is 41.0 Å². The number of carbonyl (C=O) groups is 2. The Hall–Kier alpha value is -1.10. The molecule has 0 spiro atoms. The van der Waals surface area contributed by atoms with E-state index in [-0.39, 0.29) is 18.4 Å². The van der Waals surface area contributed by atoms with Crippen molar-refractivity contribution >= 4 is 11.9 Å². The molecule has 0 aromatic rings. The van der Waals surface area contributed by atoms with Gasteiger partial charge in [-0.25, -0.2) is 0 Å². The second-order valence-electron chi connectivity index (χ2n) is 4.96. The average Bonchev–Trinajstić information content (AvgIpc) is 2.26. The first-order valence-corrected chi connectivity index (χ1v) is 6.24. The van der Waals surface area contributed by atoms with Gasteiger partial charge in [0.1, 0.15) is 0 Å². The highest BCUT2D eigenvalue weighted by atomic mass is 16.4. The highest BCUT2D eigenvalue weighted by Crippen LogP contribution is 2.21. The van der Waals surface area contributed by atoms with Crippen LogP contribution in [0.4, 0.5) is 0 Å². The summed E-state index contributed by atoms with van der Waals surface area (Å²) in [6.45, 7) is 3.30. The van der Waals surface area contributed by atoms with Crippen molar-refractivity contribution in [3.05, 3.63) is 0 Å². The van der Waals surface area contributed by atoms with E-state index in [4.69, 9.17) is 10.8 Å². The summed E-state index contributed by atoms with van der Waals surface area (Å²) in [6, 6.07) is -0.109. The lowest BCUT2D eigenvalue weighted by Crippen LogP contribution is -2.41. The van der Waals surface area contributed by atoms with Crippen LogP contribution in [0.5, 0.6) is 0 Å². The van der Waals surface area contributed by atoms with E-state index in [0.29, 0.717) is 25.3 Å². The monoisotopic (exact) mass is 242 g/mol. The predicted molar refractivity (Wildman–Crippen MR) is 64.4 cm³/mol. The fourth-order valence-corrected chi connectivity index (χ4v) is 2.26. The molecule has 0 saturated carbocycles. The number of carboxylic acids is 1. The number of aliphatic carboxylic acids is 1. The third kappa shape index (κ3) is 5.17. The smallest absolute Gasteiger partial charge is 0.303 e. The van der Waals surface area contributed by atoms with Crippen LogP contribution in [0, 0.1) is 5.92 Å². The number of piperidine rings is 1. The van der Waals surface area contributed by atoms with Crippen LogP contribution in [0.25, 0.3) is 0 Å². The summed E-state index contributed by atoms with van der Waals surface area (Å²) in [4.78, 5) is 24.2. The van der Waals surface area contributed by atoms with Crippen molar-refractivity contribution in [2.24, 2.45) is 11.7 Å². The molecule has 0 radical (unpaired) electrons. The molecular formula is C12H22N2O3. The maximum Gasteiger partial charge on any atom is 0.303 e. The molecule has 0 aromatic carbocycles. The van der Waals surface area contributed by atoms with Crippen molar-refractivity contribution in [3.63, 3.8) is 0 Å². The molecule has 0 aromatic heterocycles. The third-order valence-electron chi connectivity index (χ3n) is 3.13. The van der Waals surface area contributed by atoms with Gasteiger partial charge >= 0.3 is 5.97 Å². The molecule has 5 nitrogen and oxygen atoms in total. The number of hydrogen-bond donors (Lipinski definition) is 2. The molecule has 1 amide bonds. The van der Waals surface area contributed by atoms with E-state index in [0.717, 1.165) is 19.4 Å².